The zero-order valence-electron chi connectivity index (χ0n) is 30.7. The van der Waals surface area contributed by atoms with Crippen LogP contribution in [0, 0.1) is 6.92 Å². The van der Waals surface area contributed by atoms with Gasteiger partial charge in [-0.25, -0.2) is 4.79 Å². The van der Waals surface area contributed by atoms with E-state index in [1.807, 2.05) is 115 Å². The third-order valence-electron chi connectivity index (χ3n) is 7.09. The molecule has 4 aromatic rings. The molecule has 51 heavy (non-hydrogen) atoms. The molecule has 2 unspecified atom stereocenters. The molecule has 1 aromatic heterocycles. The van der Waals surface area contributed by atoms with Crippen LogP contribution in [0.15, 0.2) is 103 Å². The fourth-order valence-corrected chi connectivity index (χ4v) is 4.46. The summed E-state index contributed by atoms with van der Waals surface area (Å²) in [5.74, 6) is 0.813. The number of aldehydes is 1. The molecular formula is C40H51N3O8. The summed E-state index contributed by atoms with van der Waals surface area (Å²) in [7, 11) is 1.00. The van der Waals surface area contributed by atoms with E-state index < -0.39 is 29.2 Å². The van der Waals surface area contributed by atoms with Gasteiger partial charge in [-0.1, -0.05) is 60.7 Å². The minimum atomic E-state index is -1.25. The Morgan fingerprint density at radius 3 is 1.92 bits per heavy atom. The molecule has 11 nitrogen and oxygen atoms in total. The average Bonchev–Trinajstić information content (AvgIpc) is 3.51. The number of nitrogens with zero attached hydrogens (tertiary/aromatic N) is 1. The topological polar surface area (TPSA) is 145 Å². The first-order chi connectivity index (χ1) is 24.2. The van der Waals surface area contributed by atoms with Crippen LogP contribution in [0.25, 0.3) is 0 Å². The van der Waals surface area contributed by atoms with Crippen LogP contribution in [0.1, 0.15) is 64.3 Å². The van der Waals surface area contributed by atoms with Gasteiger partial charge in [0.1, 0.15) is 41.0 Å². The molecule has 0 aliphatic rings. The Kier molecular flexibility index (Phi) is 16.8. The first-order valence-corrected chi connectivity index (χ1v) is 16.5. The minimum Gasteiger partial charge on any atom is -0.457 e. The van der Waals surface area contributed by atoms with E-state index in [2.05, 4.69) is 10.6 Å². The van der Waals surface area contributed by atoms with Gasteiger partial charge in [0.05, 0.1) is 13.2 Å². The van der Waals surface area contributed by atoms with E-state index in [1.165, 1.54) is 20.8 Å². The lowest BCUT2D eigenvalue weighted by molar-refractivity contribution is -0.131. The number of amides is 2. The number of aliphatic hydroxyl groups is 1. The van der Waals surface area contributed by atoms with Crippen molar-refractivity contribution in [2.75, 3.05) is 13.7 Å². The van der Waals surface area contributed by atoms with Crippen molar-refractivity contribution in [3.63, 3.8) is 0 Å². The highest BCUT2D eigenvalue weighted by Gasteiger charge is 2.33. The van der Waals surface area contributed by atoms with E-state index >= 15 is 0 Å². The van der Waals surface area contributed by atoms with Gasteiger partial charge in [0, 0.05) is 19.5 Å². The Morgan fingerprint density at radius 1 is 0.843 bits per heavy atom. The third-order valence-corrected chi connectivity index (χ3v) is 7.09. The molecule has 2 amide bonds. The normalized spacial score (nSPS) is 12.0. The van der Waals surface area contributed by atoms with Gasteiger partial charge in [-0.15, -0.1) is 0 Å². The number of alkyl carbamates (subject to hydrolysis) is 1. The number of aryl methyl sites for hydroxylation is 1. The molecule has 4 rings (SSSR count). The fraction of sp³-hybridized carbons (Fsp3) is 0.350. The molecule has 3 N–H and O–H groups in total. The van der Waals surface area contributed by atoms with Crippen molar-refractivity contribution in [2.45, 2.75) is 78.3 Å². The van der Waals surface area contributed by atoms with E-state index in [-0.39, 0.29) is 18.4 Å². The van der Waals surface area contributed by atoms with Crippen LogP contribution < -0.4 is 15.4 Å². The second-order valence-corrected chi connectivity index (χ2v) is 13.1. The van der Waals surface area contributed by atoms with Gasteiger partial charge >= 0.3 is 6.09 Å². The maximum atomic E-state index is 12.5. The zero-order valence-corrected chi connectivity index (χ0v) is 30.7. The van der Waals surface area contributed by atoms with Gasteiger partial charge in [0.2, 0.25) is 5.91 Å². The molecule has 0 fully saturated rings. The highest BCUT2D eigenvalue weighted by atomic mass is 16.6. The van der Waals surface area contributed by atoms with Crippen LogP contribution in [0.5, 0.6) is 11.5 Å². The lowest BCUT2D eigenvalue weighted by Gasteiger charge is -2.29. The maximum absolute atomic E-state index is 12.5. The molecule has 11 heteroatoms. The van der Waals surface area contributed by atoms with Gasteiger partial charge < -0.3 is 39.3 Å². The zero-order chi connectivity index (χ0) is 38.0. The number of ketones is 1. The number of aromatic nitrogens is 1. The molecular weight excluding hydrogens is 650 g/mol. The summed E-state index contributed by atoms with van der Waals surface area (Å²) in [6.07, 6.45) is 4.13. The predicted octanol–water partition coefficient (Wildman–Crippen LogP) is 6.57. The summed E-state index contributed by atoms with van der Waals surface area (Å²) in [5, 5.41) is 12.1. The van der Waals surface area contributed by atoms with Crippen molar-refractivity contribution in [3.8, 4) is 11.5 Å². The van der Waals surface area contributed by atoms with Crippen LogP contribution in [0.3, 0.4) is 0 Å². The summed E-state index contributed by atoms with van der Waals surface area (Å²) in [4.78, 5) is 47.7. The average molecular weight is 702 g/mol. The molecule has 0 aliphatic heterocycles. The molecule has 2 atom stereocenters. The van der Waals surface area contributed by atoms with E-state index in [4.69, 9.17) is 19.3 Å². The molecule has 1 heterocycles. The van der Waals surface area contributed by atoms with Gasteiger partial charge in [-0.2, -0.15) is 0 Å². The number of nitrogens with one attached hydrogen (secondary N) is 2. The van der Waals surface area contributed by atoms with E-state index in [1.54, 1.807) is 20.8 Å². The number of benzene rings is 3. The second-order valence-electron chi connectivity index (χ2n) is 13.1. The highest BCUT2D eigenvalue weighted by molar-refractivity contribution is 5.93. The summed E-state index contributed by atoms with van der Waals surface area (Å²) in [6, 6.07) is 27.6. The number of carbonyl (C=O) groups excluding carboxylic acids is 4. The fourth-order valence-electron chi connectivity index (χ4n) is 4.46. The van der Waals surface area contributed by atoms with Gasteiger partial charge in [-0.05, 0) is 95.5 Å². The molecule has 0 radical (unpaired) electrons. The third kappa shape index (κ3) is 15.0. The number of Topliss-reactive ketones (excluding diaryl/α,β-unsaturated/α-hetero) is 1. The molecule has 0 spiro atoms. The summed E-state index contributed by atoms with van der Waals surface area (Å²) in [6.45, 7) is 12.0. The molecule has 3 aromatic carbocycles. The van der Waals surface area contributed by atoms with E-state index in [9.17, 15) is 19.2 Å². The lowest BCUT2D eigenvalue weighted by Crippen LogP contribution is -2.58. The second kappa shape index (κ2) is 20.4. The number of rotatable bonds is 13. The van der Waals surface area contributed by atoms with Crippen molar-refractivity contribution in [1.82, 2.24) is 15.2 Å². The van der Waals surface area contributed by atoms with E-state index in [0.717, 1.165) is 41.6 Å². The first kappa shape index (κ1) is 41.9. The molecule has 0 aliphatic carbocycles. The Balaban J connectivity index is 0.000000342. The van der Waals surface area contributed by atoms with Crippen molar-refractivity contribution in [3.05, 3.63) is 120 Å². The van der Waals surface area contributed by atoms with Gasteiger partial charge in [0.15, 0.2) is 5.78 Å². The number of carbonyl (C=O) groups is 4. The number of aliphatic hydroxyl groups excluding tert-OH is 1. The summed E-state index contributed by atoms with van der Waals surface area (Å²) in [5.41, 5.74) is 1.11. The summed E-state index contributed by atoms with van der Waals surface area (Å²) >= 11 is 0. The maximum Gasteiger partial charge on any atom is 0.408 e. The summed E-state index contributed by atoms with van der Waals surface area (Å²) < 4.78 is 18.4. The Labute approximate surface area is 300 Å². The monoisotopic (exact) mass is 701 g/mol. The largest absolute Gasteiger partial charge is 0.457 e. The Hall–Kier alpha value is -5.26. The quantitative estimate of drug-likeness (QED) is 0.133. The Bertz CT molecular complexity index is 1650. The van der Waals surface area contributed by atoms with Crippen molar-refractivity contribution >= 4 is 24.1 Å². The van der Waals surface area contributed by atoms with Crippen molar-refractivity contribution in [1.29, 1.82) is 0 Å². The van der Waals surface area contributed by atoms with Crippen LogP contribution in [-0.4, -0.2) is 64.6 Å². The number of hydrogen-bond acceptors (Lipinski definition) is 8. The smallest absolute Gasteiger partial charge is 0.408 e. The highest BCUT2D eigenvalue weighted by Crippen LogP contribution is 2.24. The van der Waals surface area contributed by atoms with Crippen LogP contribution in [0.2, 0.25) is 0 Å². The van der Waals surface area contributed by atoms with Crippen molar-refractivity contribution in [2.24, 2.45) is 0 Å². The van der Waals surface area contributed by atoms with Gasteiger partial charge in [-0.3, -0.25) is 9.59 Å². The predicted molar refractivity (Wildman–Crippen MR) is 197 cm³/mol. The van der Waals surface area contributed by atoms with Crippen LogP contribution in [-0.2, 0) is 30.5 Å². The number of ether oxygens (including phenoxy) is 3. The Morgan fingerprint density at radius 2 is 1.41 bits per heavy atom. The minimum absolute atomic E-state index is 0.0402. The SMILES string of the molecule is CC(=O)C(COCc1ccccc1)NC(=O)C(C)(C)NC(=O)OC(C)(C)C.CO.Cc1ccn(C(C=O)c2ccc(Oc3ccccc3)cc2)c1. The van der Waals surface area contributed by atoms with E-state index in [0.29, 0.717) is 6.61 Å². The van der Waals surface area contributed by atoms with Gasteiger partial charge in [0.25, 0.3) is 0 Å². The molecule has 274 valence electrons. The number of hydrogen-bond donors (Lipinski definition) is 3. The van der Waals surface area contributed by atoms with Crippen LogP contribution >= 0.6 is 0 Å². The molecule has 0 saturated carbocycles. The molecule has 0 bridgehead atoms. The van der Waals surface area contributed by atoms with Crippen LogP contribution in [0.4, 0.5) is 4.79 Å². The lowest BCUT2D eigenvalue weighted by atomic mass is 10.0. The molecule has 0 saturated heterocycles. The standard InChI is InChI=1S/C20H30N2O5.C19H17NO2.CH4O/c1-14(23)16(13-26-12-15-10-8-7-9-11-15)21-17(24)20(5,6)22-18(25)27-19(2,3)4;1-15-11-12-20(13-15)19(14-21)16-7-9-18(10-8-16)22-17-5-3-2-4-6-17;1-2/h7-11,16H,12-13H2,1-6H3,(H,21,24)(H,22,25);2-14,19H,1H3;2H,1H3. The van der Waals surface area contributed by atoms with Crippen molar-refractivity contribution < 1.29 is 38.5 Å². The first-order valence-electron chi connectivity index (χ1n) is 16.5. The number of para-hydroxylation sites is 1.